The van der Waals surface area contributed by atoms with E-state index in [0.717, 1.165) is 6.26 Å². The topological polar surface area (TPSA) is 35.5 Å². The molecular weight excluding hydrogens is 132 g/mol. The van der Waals surface area contributed by atoms with Crippen molar-refractivity contribution >= 4 is 5.97 Å². The Labute approximate surface area is 59.9 Å². The average molecular weight is 142 g/mol. The Morgan fingerprint density at radius 1 is 1.50 bits per heavy atom. The monoisotopic (exact) mass is 142 g/mol. The SMILES string of the molecule is C=CCOCC(=O)OC=C. The lowest BCUT2D eigenvalue weighted by atomic mass is 10.7. The first-order chi connectivity index (χ1) is 4.81. The number of ether oxygens (including phenoxy) is 2. The molecule has 0 N–H and O–H groups in total. The van der Waals surface area contributed by atoms with Gasteiger partial charge in [0.15, 0.2) is 0 Å². The molecule has 0 radical (unpaired) electrons. The zero-order chi connectivity index (χ0) is 7.82. The molecule has 0 aliphatic rings. The fourth-order valence-electron chi connectivity index (χ4n) is 0.353. The lowest BCUT2D eigenvalue weighted by molar-refractivity contribution is -0.142. The van der Waals surface area contributed by atoms with E-state index in [1.165, 1.54) is 0 Å². The number of rotatable bonds is 5. The van der Waals surface area contributed by atoms with E-state index in [9.17, 15) is 4.79 Å². The summed E-state index contributed by atoms with van der Waals surface area (Å²) < 4.78 is 9.11. The van der Waals surface area contributed by atoms with Gasteiger partial charge >= 0.3 is 5.97 Å². The van der Waals surface area contributed by atoms with Gasteiger partial charge in [-0.2, -0.15) is 0 Å². The number of carbonyl (C=O) groups is 1. The van der Waals surface area contributed by atoms with Crippen LogP contribution in [0.15, 0.2) is 25.5 Å². The minimum Gasteiger partial charge on any atom is -0.433 e. The lowest BCUT2D eigenvalue weighted by Crippen LogP contribution is -2.09. The van der Waals surface area contributed by atoms with E-state index < -0.39 is 5.97 Å². The van der Waals surface area contributed by atoms with Crippen LogP contribution >= 0.6 is 0 Å². The van der Waals surface area contributed by atoms with Gasteiger partial charge in [-0.05, 0) is 0 Å². The number of carbonyl (C=O) groups excluding carboxylic acids is 1. The van der Waals surface area contributed by atoms with Gasteiger partial charge in [0.25, 0.3) is 0 Å². The van der Waals surface area contributed by atoms with Crippen molar-refractivity contribution in [3.8, 4) is 0 Å². The Kier molecular flexibility index (Phi) is 5.38. The summed E-state index contributed by atoms with van der Waals surface area (Å²) in [5, 5.41) is 0. The normalized spacial score (nSPS) is 8.40. The molecule has 0 unspecified atom stereocenters. The van der Waals surface area contributed by atoms with E-state index in [0.29, 0.717) is 6.61 Å². The maximum Gasteiger partial charge on any atom is 0.336 e. The molecule has 0 saturated heterocycles. The van der Waals surface area contributed by atoms with Crippen molar-refractivity contribution in [1.29, 1.82) is 0 Å². The first-order valence-corrected chi connectivity index (χ1v) is 2.80. The predicted octanol–water partition coefficient (Wildman–Crippen LogP) is 0.876. The van der Waals surface area contributed by atoms with E-state index in [4.69, 9.17) is 4.74 Å². The minimum absolute atomic E-state index is 0.0575. The summed E-state index contributed by atoms with van der Waals surface area (Å²) in [5.74, 6) is -0.447. The molecule has 0 spiro atoms. The highest BCUT2D eigenvalue weighted by Crippen LogP contribution is 1.81. The van der Waals surface area contributed by atoms with Crippen LogP contribution in [0.1, 0.15) is 0 Å². The van der Waals surface area contributed by atoms with Crippen molar-refractivity contribution in [2.45, 2.75) is 0 Å². The van der Waals surface area contributed by atoms with Crippen LogP contribution < -0.4 is 0 Å². The molecule has 0 amide bonds. The molecule has 0 saturated carbocycles. The van der Waals surface area contributed by atoms with Gasteiger partial charge < -0.3 is 9.47 Å². The van der Waals surface area contributed by atoms with Crippen LogP contribution in [-0.4, -0.2) is 19.2 Å². The molecule has 0 aromatic heterocycles. The van der Waals surface area contributed by atoms with Crippen molar-refractivity contribution in [3.05, 3.63) is 25.5 Å². The molecule has 0 aliphatic carbocycles. The van der Waals surface area contributed by atoms with Gasteiger partial charge in [0.05, 0.1) is 12.9 Å². The molecule has 0 rings (SSSR count). The highest BCUT2D eigenvalue weighted by molar-refractivity contribution is 5.71. The molecule has 0 fully saturated rings. The third-order valence-electron chi connectivity index (χ3n) is 0.670. The molecule has 56 valence electrons. The van der Waals surface area contributed by atoms with E-state index in [2.05, 4.69) is 17.9 Å². The predicted molar refractivity (Wildman–Crippen MR) is 37.3 cm³/mol. The van der Waals surface area contributed by atoms with Gasteiger partial charge in [0, 0.05) is 0 Å². The Hall–Kier alpha value is -1.09. The van der Waals surface area contributed by atoms with Gasteiger partial charge in [-0.1, -0.05) is 12.7 Å². The standard InChI is InChI=1S/C7H10O3/c1-3-5-9-6-7(8)10-4-2/h3-4H,1-2,5-6H2. The largest absolute Gasteiger partial charge is 0.433 e. The van der Waals surface area contributed by atoms with Gasteiger partial charge in [0.2, 0.25) is 0 Å². The van der Waals surface area contributed by atoms with Gasteiger partial charge in [0.1, 0.15) is 6.61 Å². The Bertz CT molecular complexity index is 129. The molecule has 0 aromatic rings. The minimum atomic E-state index is -0.447. The maximum atomic E-state index is 10.5. The van der Waals surface area contributed by atoms with Crippen molar-refractivity contribution in [2.75, 3.05) is 13.2 Å². The van der Waals surface area contributed by atoms with Crippen LogP contribution in [0.5, 0.6) is 0 Å². The van der Waals surface area contributed by atoms with Crippen LogP contribution in [-0.2, 0) is 14.3 Å². The van der Waals surface area contributed by atoms with Crippen molar-refractivity contribution in [2.24, 2.45) is 0 Å². The van der Waals surface area contributed by atoms with Crippen LogP contribution in [0.2, 0.25) is 0 Å². The molecule has 0 aliphatic heterocycles. The van der Waals surface area contributed by atoms with E-state index >= 15 is 0 Å². The fourth-order valence-corrected chi connectivity index (χ4v) is 0.353. The van der Waals surface area contributed by atoms with Gasteiger partial charge in [-0.15, -0.1) is 6.58 Å². The van der Waals surface area contributed by atoms with E-state index in [-0.39, 0.29) is 6.61 Å². The highest BCUT2D eigenvalue weighted by atomic mass is 16.6. The zero-order valence-corrected chi connectivity index (χ0v) is 5.71. The summed E-state index contributed by atoms with van der Waals surface area (Å²) in [7, 11) is 0. The molecule has 10 heavy (non-hydrogen) atoms. The van der Waals surface area contributed by atoms with Crippen LogP contribution in [0, 0.1) is 0 Å². The summed E-state index contributed by atoms with van der Waals surface area (Å²) in [6, 6.07) is 0. The quantitative estimate of drug-likeness (QED) is 0.247. The van der Waals surface area contributed by atoms with Gasteiger partial charge in [-0.3, -0.25) is 0 Å². The summed E-state index contributed by atoms with van der Waals surface area (Å²) in [6.45, 7) is 6.91. The second kappa shape index (κ2) is 6.04. The van der Waals surface area contributed by atoms with Crippen LogP contribution in [0.4, 0.5) is 0 Å². The Balaban J connectivity index is 3.20. The number of esters is 1. The molecular formula is C7H10O3. The Morgan fingerprint density at radius 3 is 2.70 bits per heavy atom. The van der Waals surface area contributed by atoms with E-state index in [1.807, 2.05) is 0 Å². The molecule has 0 heterocycles. The van der Waals surface area contributed by atoms with Crippen molar-refractivity contribution in [3.63, 3.8) is 0 Å². The van der Waals surface area contributed by atoms with Gasteiger partial charge in [-0.25, -0.2) is 4.79 Å². The van der Waals surface area contributed by atoms with Crippen molar-refractivity contribution < 1.29 is 14.3 Å². The van der Waals surface area contributed by atoms with Crippen molar-refractivity contribution in [1.82, 2.24) is 0 Å². The second-order valence-corrected chi connectivity index (χ2v) is 1.46. The summed E-state index contributed by atoms with van der Waals surface area (Å²) in [5.41, 5.74) is 0. The summed E-state index contributed by atoms with van der Waals surface area (Å²) in [6.07, 6.45) is 2.63. The smallest absolute Gasteiger partial charge is 0.336 e. The van der Waals surface area contributed by atoms with Crippen LogP contribution in [0.25, 0.3) is 0 Å². The fraction of sp³-hybridized carbons (Fsp3) is 0.286. The molecule has 0 aromatic carbocycles. The molecule has 3 heteroatoms. The zero-order valence-electron chi connectivity index (χ0n) is 5.71. The maximum absolute atomic E-state index is 10.5. The summed E-state index contributed by atoms with van der Waals surface area (Å²) in [4.78, 5) is 10.5. The molecule has 3 nitrogen and oxygen atoms in total. The molecule has 0 bridgehead atoms. The second-order valence-electron chi connectivity index (χ2n) is 1.46. The number of hydrogen-bond acceptors (Lipinski definition) is 3. The highest BCUT2D eigenvalue weighted by Gasteiger charge is 1.97. The lowest BCUT2D eigenvalue weighted by Gasteiger charge is -1.97. The summed E-state index contributed by atoms with van der Waals surface area (Å²) >= 11 is 0. The Morgan fingerprint density at radius 2 is 2.20 bits per heavy atom. The molecule has 0 atom stereocenters. The third kappa shape index (κ3) is 5.05. The third-order valence-corrected chi connectivity index (χ3v) is 0.670. The first kappa shape index (κ1) is 8.91. The van der Waals surface area contributed by atoms with E-state index in [1.54, 1.807) is 6.08 Å². The van der Waals surface area contributed by atoms with Crippen LogP contribution in [0.3, 0.4) is 0 Å². The first-order valence-electron chi connectivity index (χ1n) is 2.80. The average Bonchev–Trinajstić information content (AvgIpc) is 1.89. The number of hydrogen-bond donors (Lipinski definition) is 0.